The van der Waals surface area contributed by atoms with Crippen LogP contribution in [0.1, 0.15) is 16.4 Å². The van der Waals surface area contributed by atoms with Gasteiger partial charge in [0.25, 0.3) is 5.91 Å². The minimum Gasteiger partial charge on any atom is -0.444 e. The molecule has 0 aliphatic heterocycles. The summed E-state index contributed by atoms with van der Waals surface area (Å²) in [5, 5.41) is 2.48. The van der Waals surface area contributed by atoms with Crippen LogP contribution in [0, 0.1) is 0 Å². The van der Waals surface area contributed by atoms with Gasteiger partial charge in [-0.05, 0) is 40.2 Å². The molecule has 5 nitrogen and oxygen atoms in total. The largest absolute Gasteiger partial charge is 0.449 e. The number of para-hydroxylation sites is 1. The number of nitrogens with one attached hydrogen (secondary N) is 2. The summed E-state index contributed by atoms with van der Waals surface area (Å²) in [6.45, 7) is 0. The summed E-state index contributed by atoms with van der Waals surface area (Å²) < 4.78 is 43.5. The summed E-state index contributed by atoms with van der Waals surface area (Å²) in [5.41, 5.74) is 0.348. The number of hydrogen-bond acceptors (Lipinski definition) is 3. The molecule has 2 N–H and O–H groups in total. The summed E-state index contributed by atoms with van der Waals surface area (Å²) in [7, 11) is 0. The van der Waals surface area contributed by atoms with E-state index >= 15 is 0 Å². The molecule has 0 fully saturated rings. The molecule has 0 saturated heterocycles. The minimum absolute atomic E-state index is 0.0220. The molecule has 0 saturated carbocycles. The van der Waals surface area contributed by atoms with Gasteiger partial charge in [-0.2, -0.15) is 13.2 Å². The van der Waals surface area contributed by atoms with Gasteiger partial charge in [-0.1, -0.05) is 6.07 Å². The molecule has 0 aliphatic rings. The van der Waals surface area contributed by atoms with Gasteiger partial charge in [0.15, 0.2) is 10.4 Å². The predicted octanol–water partition coefficient (Wildman–Crippen LogP) is 4.19. The third-order valence-corrected chi connectivity index (χ3v) is 3.25. The second kappa shape index (κ2) is 5.16. The van der Waals surface area contributed by atoms with Crippen molar-refractivity contribution in [3.05, 3.63) is 46.6 Å². The van der Waals surface area contributed by atoms with Crippen molar-refractivity contribution >= 4 is 38.6 Å². The van der Waals surface area contributed by atoms with E-state index in [9.17, 15) is 18.0 Å². The average molecular weight is 374 g/mol. The van der Waals surface area contributed by atoms with Crippen molar-refractivity contribution in [1.29, 1.82) is 0 Å². The summed E-state index contributed by atoms with van der Waals surface area (Å²) in [5.74, 6) is -1.69. The fourth-order valence-corrected chi connectivity index (χ4v) is 2.19. The number of aromatic nitrogens is 2. The lowest BCUT2D eigenvalue weighted by Crippen LogP contribution is -2.11. The van der Waals surface area contributed by atoms with Crippen LogP contribution in [0.4, 0.5) is 18.9 Å². The van der Waals surface area contributed by atoms with E-state index in [0.717, 1.165) is 0 Å². The van der Waals surface area contributed by atoms with Gasteiger partial charge in [0, 0.05) is 0 Å². The molecule has 0 unspecified atom stereocenters. The van der Waals surface area contributed by atoms with E-state index in [0.29, 0.717) is 4.67 Å². The molecule has 3 aromatic rings. The molecule has 0 spiro atoms. The normalized spacial score (nSPS) is 11.8. The van der Waals surface area contributed by atoms with Crippen molar-refractivity contribution < 1.29 is 22.4 Å². The molecule has 0 atom stereocenters. The maximum Gasteiger partial charge on any atom is 0.449 e. The number of rotatable bonds is 2. The Morgan fingerprint density at radius 2 is 2.05 bits per heavy atom. The molecule has 22 heavy (non-hydrogen) atoms. The number of amides is 1. The van der Waals surface area contributed by atoms with Crippen LogP contribution in [0.25, 0.3) is 11.0 Å². The number of benzene rings is 1. The predicted molar refractivity (Wildman–Crippen MR) is 75.5 cm³/mol. The van der Waals surface area contributed by atoms with Crippen LogP contribution in [0.15, 0.2) is 39.4 Å². The number of aromatic amines is 1. The first-order valence-corrected chi connectivity index (χ1v) is 6.76. The van der Waals surface area contributed by atoms with Gasteiger partial charge in [-0.25, -0.2) is 4.98 Å². The smallest absolute Gasteiger partial charge is 0.444 e. The Kier molecular flexibility index (Phi) is 3.44. The van der Waals surface area contributed by atoms with Crippen molar-refractivity contribution in [2.75, 3.05) is 5.32 Å². The second-order valence-electron chi connectivity index (χ2n) is 4.34. The highest BCUT2D eigenvalue weighted by molar-refractivity contribution is 9.10. The number of halogens is 4. The maximum absolute atomic E-state index is 12.7. The maximum atomic E-state index is 12.7. The van der Waals surface area contributed by atoms with Gasteiger partial charge in [0.05, 0.1) is 11.2 Å². The van der Waals surface area contributed by atoms with Gasteiger partial charge in [-0.15, -0.1) is 0 Å². The Bertz CT molecular complexity index is 854. The van der Waals surface area contributed by atoms with E-state index < -0.39 is 17.9 Å². The first kappa shape index (κ1) is 14.6. The molecule has 3 rings (SSSR count). The standard InChI is InChI=1S/C13H7BrF3N3O2/c14-9-5-4-8(22-9)11(21)18-6-2-1-3-7-10(6)20-12(19-7)13(15,16)17/h1-5H,(H,18,21)(H,19,20). The topological polar surface area (TPSA) is 70.9 Å². The highest BCUT2D eigenvalue weighted by atomic mass is 79.9. The van der Waals surface area contributed by atoms with Crippen LogP contribution in [-0.2, 0) is 6.18 Å². The Labute approximate surface area is 129 Å². The van der Waals surface area contributed by atoms with Gasteiger partial charge >= 0.3 is 6.18 Å². The summed E-state index contributed by atoms with van der Waals surface area (Å²) in [4.78, 5) is 17.7. The Morgan fingerprint density at radius 1 is 1.27 bits per heavy atom. The van der Waals surface area contributed by atoms with E-state index in [1.165, 1.54) is 30.3 Å². The fraction of sp³-hybridized carbons (Fsp3) is 0.0769. The SMILES string of the molecule is O=C(Nc1cccc2[nH]c(C(F)(F)F)nc12)c1ccc(Br)o1. The number of carbonyl (C=O) groups excluding carboxylic acids is 1. The van der Waals surface area contributed by atoms with E-state index in [1.807, 2.05) is 0 Å². The van der Waals surface area contributed by atoms with E-state index in [-0.39, 0.29) is 22.5 Å². The number of H-pyrrole nitrogens is 1. The number of furan rings is 1. The third kappa shape index (κ3) is 2.71. The van der Waals surface area contributed by atoms with Crippen LogP contribution < -0.4 is 5.32 Å². The lowest BCUT2D eigenvalue weighted by atomic mass is 10.2. The number of nitrogens with zero attached hydrogens (tertiary/aromatic N) is 1. The van der Waals surface area contributed by atoms with Crippen molar-refractivity contribution in [3.63, 3.8) is 0 Å². The van der Waals surface area contributed by atoms with Crippen LogP contribution in [0.5, 0.6) is 0 Å². The number of hydrogen-bond donors (Lipinski definition) is 2. The lowest BCUT2D eigenvalue weighted by molar-refractivity contribution is -0.144. The molecule has 9 heteroatoms. The summed E-state index contributed by atoms with van der Waals surface area (Å²) in [6.07, 6.45) is -4.59. The third-order valence-electron chi connectivity index (χ3n) is 2.83. The zero-order valence-corrected chi connectivity index (χ0v) is 12.2. The number of fused-ring (bicyclic) bond motifs is 1. The van der Waals surface area contributed by atoms with Crippen LogP contribution in [0.2, 0.25) is 0 Å². The quantitative estimate of drug-likeness (QED) is 0.707. The van der Waals surface area contributed by atoms with Gasteiger partial charge in [-0.3, -0.25) is 4.79 Å². The molecule has 114 valence electrons. The van der Waals surface area contributed by atoms with Gasteiger partial charge in [0.2, 0.25) is 5.82 Å². The number of alkyl halides is 3. The number of anilines is 1. The molecule has 1 aromatic carbocycles. The number of imidazole rings is 1. The Morgan fingerprint density at radius 3 is 2.68 bits per heavy atom. The van der Waals surface area contributed by atoms with Crippen LogP contribution in [0.3, 0.4) is 0 Å². The molecule has 0 bridgehead atoms. The van der Waals surface area contributed by atoms with Crippen molar-refractivity contribution in [3.8, 4) is 0 Å². The van der Waals surface area contributed by atoms with Crippen molar-refractivity contribution in [2.45, 2.75) is 6.18 Å². The van der Waals surface area contributed by atoms with E-state index in [1.54, 1.807) is 0 Å². The monoisotopic (exact) mass is 373 g/mol. The first-order chi connectivity index (χ1) is 10.3. The molecular weight excluding hydrogens is 367 g/mol. The van der Waals surface area contributed by atoms with Crippen molar-refractivity contribution in [1.82, 2.24) is 9.97 Å². The molecular formula is C13H7BrF3N3O2. The average Bonchev–Trinajstić information content (AvgIpc) is 3.04. The highest BCUT2D eigenvalue weighted by Crippen LogP contribution is 2.31. The summed E-state index contributed by atoms with van der Waals surface area (Å²) >= 11 is 3.06. The number of carbonyl (C=O) groups is 1. The molecule has 0 aliphatic carbocycles. The lowest BCUT2D eigenvalue weighted by Gasteiger charge is -2.03. The van der Waals surface area contributed by atoms with Crippen LogP contribution >= 0.6 is 15.9 Å². The Balaban J connectivity index is 1.97. The molecule has 1 amide bonds. The minimum atomic E-state index is -4.59. The molecule has 2 aromatic heterocycles. The second-order valence-corrected chi connectivity index (χ2v) is 5.12. The van der Waals surface area contributed by atoms with Crippen molar-refractivity contribution in [2.24, 2.45) is 0 Å². The van der Waals surface area contributed by atoms with Crippen LogP contribution in [-0.4, -0.2) is 15.9 Å². The van der Waals surface area contributed by atoms with E-state index in [2.05, 4.69) is 31.2 Å². The zero-order valence-electron chi connectivity index (χ0n) is 10.7. The van der Waals surface area contributed by atoms with Gasteiger partial charge < -0.3 is 14.7 Å². The van der Waals surface area contributed by atoms with Gasteiger partial charge in [0.1, 0.15) is 5.52 Å². The molecule has 0 radical (unpaired) electrons. The highest BCUT2D eigenvalue weighted by Gasteiger charge is 2.35. The fourth-order valence-electron chi connectivity index (χ4n) is 1.89. The first-order valence-electron chi connectivity index (χ1n) is 5.97. The Hall–Kier alpha value is -2.29. The zero-order chi connectivity index (χ0) is 15.9. The molecule has 2 heterocycles. The summed E-state index contributed by atoms with van der Waals surface area (Å²) in [6, 6.07) is 7.38. The van der Waals surface area contributed by atoms with E-state index in [4.69, 9.17) is 4.42 Å².